The second kappa shape index (κ2) is 11.3. The summed E-state index contributed by atoms with van der Waals surface area (Å²) in [6, 6.07) is 10.1. The Labute approximate surface area is 207 Å². The fourth-order valence-corrected chi connectivity index (χ4v) is 4.62. The lowest BCUT2D eigenvalue weighted by Crippen LogP contribution is -2.44. The lowest BCUT2D eigenvalue weighted by atomic mass is 9.81. The number of pyridine rings is 1. The molecule has 1 aliphatic heterocycles. The molecule has 1 aliphatic rings. The molecule has 2 unspecified atom stereocenters. The van der Waals surface area contributed by atoms with E-state index < -0.39 is 23.5 Å². The molecular weight excluding hydrogens is 466 g/mol. The number of benzene rings is 2. The van der Waals surface area contributed by atoms with E-state index in [1.807, 2.05) is 4.90 Å². The Kier molecular flexibility index (Phi) is 7.91. The van der Waals surface area contributed by atoms with Crippen molar-refractivity contribution in [2.75, 3.05) is 26.7 Å². The SMILES string of the molecule is COc1ccc2nccc(C(=O)CCC3CCN(CC#Cc4cc(F)ccc4F)CC3C(=O)O)c2c1. The van der Waals surface area contributed by atoms with Crippen molar-refractivity contribution in [3.8, 4) is 17.6 Å². The summed E-state index contributed by atoms with van der Waals surface area (Å²) in [5, 5.41) is 10.5. The van der Waals surface area contributed by atoms with Crippen molar-refractivity contribution in [2.45, 2.75) is 19.3 Å². The summed E-state index contributed by atoms with van der Waals surface area (Å²) in [4.78, 5) is 31.3. The van der Waals surface area contributed by atoms with Crippen LogP contribution in [0, 0.1) is 35.3 Å². The van der Waals surface area contributed by atoms with Crippen LogP contribution in [0.5, 0.6) is 5.75 Å². The van der Waals surface area contributed by atoms with E-state index in [9.17, 15) is 23.5 Å². The number of carboxylic acid groups (broad SMARTS) is 1. The highest BCUT2D eigenvalue weighted by molar-refractivity contribution is 6.07. The smallest absolute Gasteiger partial charge is 0.308 e. The van der Waals surface area contributed by atoms with Crippen molar-refractivity contribution in [1.82, 2.24) is 9.88 Å². The molecule has 0 bridgehead atoms. The topological polar surface area (TPSA) is 79.7 Å². The van der Waals surface area contributed by atoms with Crippen molar-refractivity contribution in [3.05, 3.63) is 71.4 Å². The Morgan fingerprint density at radius 1 is 1.19 bits per heavy atom. The van der Waals surface area contributed by atoms with Gasteiger partial charge < -0.3 is 9.84 Å². The van der Waals surface area contributed by atoms with E-state index >= 15 is 0 Å². The Morgan fingerprint density at radius 2 is 2.03 bits per heavy atom. The van der Waals surface area contributed by atoms with Crippen molar-refractivity contribution in [1.29, 1.82) is 0 Å². The summed E-state index contributed by atoms with van der Waals surface area (Å²) < 4.78 is 32.3. The van der Waals surface area contributed by atoms with Gasteiger partial charge in [0.05, 0.1) is 30.7 Å². The maximum Gasteiger partial charge on any atom is 0.308 e. The van der Waals surface area contributed by atoms with Gasteiger partial charge in [0.25, 0.3) is 0 Å². The Hall–Kier alpha value is -3.83. The van der Waals surface area contributed by atoms with Crippen LogP contribution in [-0.4, -0.2) is 53.5 Å². The van der Waals surface area contributed by atoms with Gasteiger partial charge in [-0.1, -0.05) is 11.8 Å². The van der Waals surface area contributed by atoms with Crippen LogP contribution in [0.25, 0.3) is 10.9 Å². The summed E-state index contributed by atoms with van der Waals surface area (Å²) in [5.41, 5.74) is 1.21. The summed E-state index contributed by atoms with van der Waals surface area (Å²) in [6.07, 6.45) is 2.88. The fraction of sp³-hybridized carbons (Fsp3) is 0.321. The number of ether oxygens (including phenoxy) is 1. The number of hydrogen-bond acceptors (Lipinski definition) is 5. The number of aliphatic carboxylic acids is 1. The first-order valence-electron chi connectivity index (χ1n) is 11.7. The molecule has 6 nitrogen and oxygen atoms in total. The third-order valence-corrected chi connectivity index (χ3v) is 6.60. The van der Waals surface area contributed by atoms with E-state index in [-0.39, 0.29) is 36.8 Å². The van der Waals surface area contributed by atoms with Crippen LogP contribution < -0.4 is 4.74 Å². The molecular formula is C28H26F2N2O4. The number of piperidine rings is 1. The monoisotopic (exact) mass is 492 g/mol. The van der Waals surface area contributed by atoms with Gasteiger partial charge in [-0.3, -0.25) is 19.5 Å². The standard InChI is InChI=1S/C28H26F2N2O4/c1-36-21-6-8-26-23(16-21)22(10-12-31-26)27(33)9-4-18-11-14-32(17-24(18)28(34)35)13-2-3-19-15-20(29)5-7-25(19)30/h5-8,10,12,15-16,18,24H,4,9,11,13-14,17H2,1H3,(H,34,35). The Balaban J connectivity index is 1.39. The van der Waals surface area contributed by atoms with Gasteiger partial charge in [0.2, 0.25) is 0 Å². The summed E-state index contributed by atoms with van der Waals surface area (Å²) in [6.45, 7) is 1.14. The summed E-state index contributed by atoms with van der Waals surface area (Å²) >= 11 is 0. The number of rotatable bonds is 7. The zero-order valence-electron chi connectivity index (χ0n) is 19.8. The number of Topliss-reactive ketones (excluding diaryl/α,β-unsaturated/α-hetero) is 1. The molecule has 8 heteroatoms. The lowest BCUT2D eigenvalue weighted by Gasteiger charge is -2.35. The van der Waals surface area contributed by atoms with Gasteiger partial charge in [-0.05, 0) is 67.8 Å². The molecule has 2 aromatic carbocycles. The number of ketones is 1. The van der Waals surface area contributed by atoms with Gasteiger partial charge in [-0.25, -0.2) is 8.78 Å². The number of likely N-dealkylation sites (tertiary alicyclic amines) is 1. The molecule has 1 saturated heterocycles. The molecule has 186 valence electrons. The minimum atomic E-state index is -0.916. The highest BCUT2D eigenvalue weighted by atomic mass is 19.1. The summed E-state index contributed by atoms with van der Waals surface area (Å²) in [7, 11) is 1.56. The molecule has 3 aromatic rings. The second-order valence-electron chi connectivity index (χ2n) is 8.86. The maximum atomic E-state index is 13.8. The van der Waals surface area contributed by atoms with Crippen molar-refractivity contribution in [2.24, 2.45) is 11.8 Å². The highest BCUT2D eigenvalue weighted by Gasteiger charge is 2.34. The molecule has 2 atom stereocenters. The van der Waals surface area contributed by atoms with Crippen LogP contribution in [0.15, 0.2) is 48.7 Å². The zero-order valence-corrected chi connectivity index (χ0v) is 19.8. The fourth-order valence-electron chi connectivity index (χ4n) is 4.62. The molecule has 2 heterocycles. The van der Waals surface area contributed by atoms with Crippen LogP contribution in [0.3, 0.4) is 0 Å². The predicted molar refractivity (Wildman–Crippen MR) is 131 cm³/mol. The Bertz CT molecular complexity index is 1350. The number of carbonyl (C=O) groups is 2. The lowest BCUT2D eigenvalue weighted by molar-refractivity contribution is -0.146. The van der Waals surface area contributed by atoms with Crippen LogP contribution in [0.1, 0.15) is 35.2 Å². The molecule has 1 N–H and O–H groups in total. The second-order valence-corrected chi connectivity index (χ2v) is 8.86. The van der Waals surface area contributed by atoms with Crippen LogP contribution >= 0.6 is 0 Å². The predicted octanol–water partition coefficient (Wildman–Crippen LogP) is 4.56. The first-order valence-corrected chi connectivity index (χ1v) is 11.7. The first-order chi connectivity index (χ1) is 17.4. The zero-order chi connectivity index (χ0) is 25.7. The third-order valence-electron chi connectivity index (χ3n) is 6.60. The first kappa shape index (κ1) is 25.3. The molecule has 0 radical (unpaired) electrons. The van der Waals surface area contributed by atoms with E-state index in [2.05, 4.69) is 16.8 Å². The van der Waals surface area contributed by atoms with E-state index in [1.165, 1.54) is 0 Å². The third kappa shape index (κ3) is 5.86. The molecule has 0 aliphatic carbocycles. The molecule has 1 fully saturated rings. The normalized spacial score (nSPS) is 17.9. The van der Waals surface area contributed by atoms with Gasteiger partial charge in [-0.15, -0.1) is 0 Å². The van der Waals surface area contributed by atoms with Gasteiger partial charge >= 0.3 is 5.97 Å². The van der Waals surface area contributed by atoms with Gasteiger partial charge in [0, 0.05) is 30.1 Å². The van der Waals surface area contributed by atoms with Gasteiger partial charge in [-0.2, -0.15) is 0 Å². The Morgan fingerprint density at radius 3 is 2.81 bits per heavy atom. The number of hydrogen-bond donors (Lipinski definition) is 1. The van der Waals surface area contributed by atoms with Crippen LogP contribution in [0.2, 0.25) is 0 Å². The number of nitrogens with zero attached hydrogens (tertiary/aromatic N) is 2. The van der Waals surface area contributed by atoms with E-state index in [1.54, 1.807) is 37.6 Å². The molecule has 0 spiro atoms. The van der Waals surface area contributed by atoms with Crippen LogP contribution in [0.4, 0.5) is 8.78 Å². The maximum absolute atomic E-state index is 13.8. The van der Waals surface area contributed by atoms with Crippen molar-refractivity contribution >= 4 is 22.7 Å². The molecule has 4 rings (SSSR count). The molecule has 0 amide bonds. The largest absolute Gasteiger partial charge is 0.497 e. The summed E-state index contributed by atoms with van der Waals surface area (Å²) in [5.74, 6) is 3.12. The number of halogens is 2. The van der Waals surface area contributed by atoms with E-state index in [4.69, 9.17) is 4.74 Å². The molecule has 0 saturated carbocycles. The number of aromatic nitrogens is 1. The number of fused-ring (bicyclic) bond motifs is 1. The average Bonchev–Trinajstić information content (AvgIpc) is 2.88. The molecule has 1 aromatic heterocycles. The van der Waals surface area contributed by atoms with E-state index in [0.717, 1.165) is 18.2 Å². The number of carbonyl (C=O) groups excluding carboxylic acids is 1. The van der Waals surface area contributed by atoms with Gasteiger partial charge in [0.1, 0.15) is 17.4 Å². The number of carboxylic acids is 1. The quantitative estimate of drug-likeness (QED) is 0.385. The minimum Gasteiger partial charge on any atom is -0.497 e. The average molecular weight is 493 g/mol. The molecule has 36 heavy (non-hydrogen) atoms. The minimum absolute atomic E-state index is 0.0283. The van der Waals surface area contributed by atoms with Crippen molar-refractivity contribution < 1.29 is 28.2 Å². The van der Waals surface area contributed by atoms with E-state index in [0.29, 0.717) is 41.6 Å². The highest BCUT2D eigenvalue weighted by Crippen LogP contribution is 2.30. The van der Waals surface area contributed by atoms with Crippen molar-refractivity contribution in [3.63, 3.8) is 0 Å². The van der Waals surface area contributed by atoms with Crippen LogP contribution in [-0.2, 0) is 4.79 Å². The van der Waals surface area contributed by atoms with Gasteiger partial charge in [0.15, 0.2) is 5.78 Å². The number of methoxy groups -OCH3 is 1.